The van der Waals surface area contributed by atoms with Crippen LogP contribution in [0.4, 0.5) is 0 Å². The third kappa shape index (κ3) is 2.45. The van der Waals surface area contributed by atoms with Gasteiger partial charge in [0.05, 0.1) is 5.56 Å². The molecule has 3 aromatic rings. The molecule has 0 spiro atoms. The number of aryl methyl sites for hydroxylation is 1. The van der Waals surface area contributed by atoms with Gasteiger partial charge in [0.2, 0.25) is 11.2 Å². The van der Waals surface area contributed by atoms with Crippen LogP contribution in [0.1, 0.15) is 26.3 Å². The van der Waals surface area contributed by atoms with Gasteiger partial charge in [0.1, 0.15) is 12.8 Å². The van der Waals surface area contributed by atoms with Crippen LogP contribution in [-0.4, -0.2) is 5.11 Å². The Morgan fingerprint density at radius 3 is 2.36 bits per heavy atom. The Labute approximate surface area is 131 Å². The number of aromatic nitrogens is 1. The van der Waals surface area contributed by atoms with Gasteiger partial charge in [-0.05, 0) is 35.2 Å². The molecule has 0 aliphatic heterocycles. The molecule has 0 saturated heterocycles. The molecule has 1 aromatic heterocycles. The minimum atomic E-state index is 0.0534. The third-order valence-electron chi connectivity index (χ3n) is 4.22. The number of phenols is 1. The van der Waals surface area contributed by atoms with Gasteiger partial charge in [0, 0.05) is 17.5 Å². The van der Waals surface area contributed by atoms with E-state index in [1.54, 1.807) is 6.07 Å². The molecule has 2 aromatic carbocycles. The summed E-state index contributed by atoms with van der Waals surface area (Å²) >= 11 is 0. The summed E-state index contributed by atoms with van der Waals surface area (Å²) in [6.07, 6.45) is 0. The van der Waals surface area contributed by atoms with Crippen LogP contribution in [0.3, 0.4) is 0 Å². The first kappa shape index (κ1) is 14.6. The number of fused-ring (bicyclic) bond motifs is 1. The van der Waals surface area contributed by atoms with Gasteiger partial charge in [-0.3, -0.25) is 0 Å². The molecule has 0 unspecified atom stereocenters. The largest absolute Gasteiger partial charge is 0.507 e. The monoisotopic (exact) mass is 292 g/mol. The van der Waals surface area contributed by atoms with E-state index in [9.17, 15) is 5.11 Å². The summed E-state index contributed by atoms with van der Waals surface area (Å²) in [5.74, 6) is 0.318. The van der Waals surface area contributed by atoms with E-state index < -0.39 is 0 Å². The van der Waals surface area contributed by atoms with Gasteiger partial charge in [-0.25, -0.2) is 0 Å². The Hall–Kier alpha value is -2.35. The van der Waals surface area contributed by atoms with Gasteiger partial charge in [0.25, 0.3) is 0 Å². The van der Waals surface area contributed by atoms with Crippen LogP contribution in [0, 0.1) is 0 Å². The molecule has 0 radical (unpaired) electrons. The Morgan fingerprint density at radius 1 is 0.909 bits per heavy atom. The van der Waals surface area contributed by atoms with Crippen LogP contribution >= 0.6 is 0 Å². The van der Waals surface area contributed by atoms with Crippen LogP contribution in [0.25, 0.3) is 22.2 Å². The zero-order valence-corrected chi connectivity index (χ0v) is 13.6. The SMILES string of the molecule is C[n+]1c(-c2cc(C(C)(C)C)ccc2O)ccc2ccccc21. The molecule has 0 fully saturated rings. The lowest BCUT2D eigenvalue weighted by atomic mass is 9.85. The van der Waals surface area contributed by atoms with Crippen molar-refractivity contribution in [1.82, 2.24) is 0 Å². The quantitative estimate of drug-likeness (QED) is 0.663. The molecule has 2 heteroatoms. The Kier molecular flexibility index (Phi) is 3.40. The fourth-order valence-electron chi connectivity index (χ4n) is 2.82. The smallest absolute Gasteiger partial charge is 0.216 e. The molecule has 0 saturated carbocycles. The van der Waals surface area contributed by atoms with Crippen molar-refractivity contribution in [2.75, 3.05) is 0 Å². The minimum absolute atomic E-state index is 0.0534. The van der Waals surface area contributed by atoms with E-state index in [0.717, 1.165) is 16.8 Å². The maximum Gasteiger partial charge on any atom is 0.216 e. The van der Waals surface area contributed by atoms with Crippen molar-refractivity contribution in [3.63, 3.8) is 0 Å². The first-order valence-corrected chi connectivity index (χ1v) is 7.59. The predicted molar refractivity (Wildman–Crippen MR) is 90.9 cm³/mol. The molecule has 1 heterocycles. The van der Waals surface area contributed by atoms with E-state index in [4.69, 9.17) is 0 Å². The first-order valence-electron chi connectivity index (χ1n) is 7.59. The molecule has 112 valence electrons. The molecule has 22 heavy (non-hydrogen) atoms. The lowest BCUT2D eigenvalue weighted by Crippen LogP contribution is -2.32. The molecule has 0 aliphatic carbocycles. The van der Waals surface area contributed by atoms with Gasteiger partial charge in [-0.2, -0.15) is 4.57 Å². The van der Waals surface area contributed by atoms with E-state index in [-0.39, 0.29) is 5.41 Å². The predicted octanol–water partition coefficient (Wildman–Crippen LogP) is 4.33. The Balaban J connectivity index is 2.25. The topological polar surface area (TPSA) is 24.1 Å². The normalized spacial score (nSPS) is 11.8. The second-order valence-electron chi connectivity index (χ2n) is 6.82. The van der Waals surface area contributed by atoms with E-state index in [0.29, 0.717) is 5.75 Å². The van der Waals surface area contributed by atoms with Crippen molar-refractivity contribution in [1.29, 1.82) is 0 Å². The highest BCUT2D eigenvalue weighted by Gasteiger charge is 2.20. The number of benzene rings is 2. The maximum atomic E-state index is 10.3. The second-order valence-corrected chi connectivity index (χ2v) is 6.82. The summed E-state index contributed by atoms with van der Waals surface area (Å²) in [5.41, 5.74) is 4.31. The summed E-state index contributed by atoms with van der Waals surface area (Å²) in [6, 6.07) is 18.4. The highest BCUT2D eigenvalue weighted by Crippen LogP contribution is 2.33. The van der Waals surface area contributed by atoms with Gasteiger partial charge in [-0.15, -0.1) is 0 Å². The molecule has 0 aliphatic rings. The lowest BCUT2D eigenvalue weighted by Gasteiger charge is -2.20. The summed E-state index contributed by atoms with van der Waals surface area (Å²) in [4.78, 5) is 0. The second kappa shape index (κ2) is 5.13. The van der Waals surface area contributed by atoms with Crippen molar-refractivity contribution >= 4 is 10.9 Å². The number of hydrogen-bond donors (Lipinski definition) is 1. The van der Waals surface area contributed by atoms with Crippen molar-refractivity contribution in [3.05, 3.63) is 60.2 Å². The first-order chi connectivity index (χ1) is 10.4. The minimum Gasteiger partial charge on any atom is -0.507 e. The number of phenolic OH excluding ortho intramolecular Hbond substituents is 1. The van der Waals surface area contributed by atoms with Gasteiger partial charge < -0.3 is 5.11 Å². The van der Waals surface area contributed by atoms with Crippen molar-refractivity contribution in [2.45, 2.75) is 26.2 Å². The molecule has 3 rings (SSSR count). The number of nitrogens with zero attached hydrogens (tertiary/aromatic N) is 1. The van der Waals surface area contributed by atoms with Crippen LogP contribution in [0.2, 0.25) is 0 Å². The van der Waals surface area contributed by atoms with E-state index in [1.807, 2.05) is 25.2 Å². The highest BCUT2D eigenvalue weighted by atomic mass is 16.3. The summed E-state index contributed by atoms with van der Waals surface area (Å²) in [7, 11) is 2.04. The number of hydrogen-bond acceptors (Lipinski definition) is 1. The van der Waals surface area contributed by atoms with E-state index >= 15 is 0 Å². The maximum absolute atomic E-state index is 10.3. The fraction of sp³-hybridized carbons (Fsp3) is 0.250. The number of rotatable bonds is 1. The molecule has 0 amide bonds. The van der Waals surface area contributed by atoms with Crippen molar-refractivity contribution < 1.29 is 9.67 Å². The molecular formula is C20H22NO+. The number of para-hydroxylation sites is 1. The summed E-state index contributed by atoms with van der Waals surface area (Å²) in [6.45, 7) is 6.55. The van der Waals surface area contributed by atoms with E-state index in [1.165, 1.54) is 10.9 Å². The van der Waals surface area contributed by atoms with Crippen molar-refractivity contribution in [3.8, 4) is 17.0 Å². The fourth-order valence-corrected chi connectivity index (χ4v) is 2.82. The highest BCUT2D eigenvalue weighted by molar-refractivity contribution is 5.78. The summed E-state index contributed by atoms with van der Waals surface area (Å²) < 4.78 is 2.14. The van der Waals surface area contributed by atoms with Crippen LogP contribution in [-0.2, 0) is 12.5 Å². The molecule has 0 bridgehead atoms. The average molecular weight is 292 g/mol. The molecule has 1 N–H and O–H groups in total. The average Bonchev–Trinajstić information content (AvgIpc) is 2.48. The van der Waals surface area contributed by atoms with E-state index in [2.05, 4.69) is 55.7 Å². The molecule has 2 nitrogen and oxygen atoms in total. The van der Waals surface area contributed by atoms with Crippen molar-refractivity contribution in [2.24, 2.45) is 7.05 Å². The third-order valence-corrected chi connectivity index (χ3v) is 4.22. The lowest BCUT2D eigenvalue weighted by molar-refractivity contribution is -0.633. The standard InChI is InChI=1S/C20H21NO/c1-20(2,3)15-10-12-19(22)16(13-15)18-11-9-14-7-5-6-8-17(14)21(18)4/h5-13H,1-4H3/p+1. The van der Waals surface area contributed by atoms with Crippen LogP contribution in [0.5, 0.6) is 5.75 Å². The number of aromatic hydroxyl groups is 1. The Bertz CT molecular complexity index is 844. The Morgan fingerprint density at radius 2 is 1.64 bits per heavy atom. The van der Waals surface area contributed by atoms with Crippen LogP contribution in [0.15, 0.2) is 54.6 Å². The molecular weight excluding hydrogens is 270 g/mol. The molecule has 0 atom stereocenters. The van der Waals surface area contributed by atoms with Gasteiger partial charge in [-0.1, -0.05) is 39.0 Å². The zero-order valence-electron chi connectivity index (χ0n) is 13.6. The van der Waals surface area contributed by atoms with Crippen LogP contribution < -0.4 is 4.57 Å². The zero-order chi connectivity index (χ0) is 15.9. The number of pyridine rings is 1. The van der Waals surface area contributed by atoms with Gasteiger partial charge in [0.15, 0.2) is 0 Å². The summed E-state index contributed by atoms with van der Waals surface area (Å²) in [5, 5.41) is 11.5. The van der Waals surface area contributed by atoms with Gasteiger partial charge >= 0.3 is 0 Å².